The highest BCUT2D eigenvalue weighted by molar-refractivity contribution is 9.10. The van der Waals surface area contributed by atoms with Crippen LogP contribution in [0.15, 0.2) is 27.5 Å². The standard InChI is InChI=1S/C9H6BrFN4O/c10-4-1-2-5(6(11)3-4)7-13-8(12)15-9(16)14-7/h1-3H,(H3,12,13,14,15,16). The van der Waals surface area contributed by atoms with Gasteiger partial charge in [-0.05, 0) is 18.2 Å². The third-order valence-corrected chi connectivity index (χ3v) is 2.35. The number of halogens is 2. The van der Waals surface area contributed by atoms with Gasteiger partial charge in [0.2, 0.25) is 5.95 Å². The second-order valence-electron chi connectivity index (χ2n) is 2.98. The maximum atomic E-state index is 13.5. The molecule has 1 aromatic heterocycles. The Hall–Kier alpha value is -1.76. The fourth-order valence-corrected chi connectivity index (χ4v) is 1.54. The summed E-state index contributed by atoms with van der Waals surface area (Å²) in [6.07, 6.45) is 0. The lowest BCUT2D eigenvalue weighted by Gasteiger charge is -2.02. The van der Waals surface area contributed by atoms with Crippen molar-refractivity contribution in [2.24, 2.45) is 0 Å². The van der Waals surface area contributed by atoms with E-state index in [0.717, 1.165) is 0 Å². The number of nitrogens with two attached hydrogens (primary N) is 1. The van der Waals surface area contributed by atoms with Gasteiger partial charge in [0.05, 0.1) is 5.56 Å². The predicted molar refractivity (Wildman–Crippen MR) is 60.2 cm³/mol. The summed E-state index contributed by atoms with van der Waals surface area (Å²) in [4.78, 5) is 20.4. The molecule has 2 rings (SSSR count). The molecule has 0 unspecified atom stereocenters. The lowest BCUT2D eigenvalue weighted by Crippen LogP contribution is -2.15. The molecule has 0 fully saturated rings. The highest BCUT2D eigenvalue weighted by Crippen LogP contribution is 2.22. The monoisotopic (exact) mass is 284 g/mol. The topological polar surface area (TPSA) is 84.7 Å². The highest BCUT2D eigenvalue weighted by Gasteiger charge is 2.09. The van der Waals surface area contributed by atoms with Gasteiger partial charge in [0.1, 0.15) is 11.6 Å². The molecule has 16 heavy (non-hydrogen) atoms. The van der Waals surface area contributed by atoms with E-state index in [4.69, 9.17) is 5.73 Å². The van der Waals surface area contributed by atoms with Crippen molar-refractivity contribution < 1.29 is 4.39 Å². The van der Waals surface area contributed by atoms with Crippen LogP contribution in [-0.4, -0.2) is 15.0 Å². The molecule has 0 aliphatic rings. The molecule has 7 heteroatoms. The number of H-pyrrole nitrogens is 1. The van der Waals surface area contributed by atoms with Crippen LogP contribution < -0.4 is 11.4 Å². The Bertz CT molecular complexity index is 598. The molecule has 0 saturated heterocycles. The van der Waals surface area contributed by atoms with Crippen molar-refractivity contribution in [2.75, 3.05) is 5.73 Å². The smallest absolute Gasteiger partial charge is 0.349 e. The number of anilines is 1. The molecule has 0 aliphatic heterocycles. The molecule has 0 aliphatic carbocycles. The van der Waals surface area contributed by atoms with E-state index in [9.17, 15) is 9.18 Å². The number of benzene rings is 1. The summed E-state index contributed by atoms with van der Waals surface area (Å²) in [5, 5.41) is 0. The van der Waals surface area contributed by atoms with Gasteiger partial charge in [-0.3, -0.25) is 4.98 Å². The lowest BCUT2D eigenvalue weighted by atomic mass is 10.2. The summed E-state index contributed by atoms with van der Waals surface area (Å²) in [7, 11) is 0. The van der Waals surface area contributed by atoms with E-state index < -0.39 is 11.5 Å². The molecule has 0 amide bonds. The van der Waals surface area contributed by atoms with Crippen LogP contribution in [0, 0.1) is 5.82 Å². The van der Waals surface area contributed by atoms with Crippen LogP contribution >= 0.6 is 15.9 Å². The fraction of sp³-hybridized carbons (Fsp3) is 0. The first-order chi connectivity index (χ1) is 7.56. The van der Waals surface area contributed by atoms with E-state index in [1.54, 1.807) is 6.07 Å². The molecular weight excluding hydrogens is 279 g/mol. The third-order valence-electron chi connectivity index (χ3n) is 1.85. The van der Waals surface area contributed by atoms with Crippen molar-refractivity contribution in [3.8, 4) is 11.4 Å². The third kappa shape index (κ3) is 2.08. The van der Waals surface area contributed by atoms with Crippen molar-refractivity contribution in [1.82, 2.24) is 15.0 Å². The largest absolute Gasteiger partial charge is 0.368 e. The summed E-state index contributed by atoms with van der Waals surface area (Å²) in [6, 6.07) is 4.39. The first-order valence-corrected chi connectivity index (χ1v) is 5.05. The first kappa shape index (κ1) is 10.7. The van der Waals surface area contributed by atoms with Gasteiger partial charge in [-0.15, -0.1) is 0 Å². The number of rotatable bonds is 1. The second kappa shape index (κ2) is 4.01. The maximum absolute atomic E-state index is 13.5. The maximum Gasteiger partial charge on any atom is 0.349 e. The van der Waals surface area contributed by atoms with Crippen molar-refractivity contribution in [3.63, 3.8) is 0 Å². The Balaban J connectivity index is 2.63. The van der Waals surface area contributed by atoms with Gasteiger partial charge in [0, 0.05) is 4.47 Å². The predicted octanol–water partition coefficient (Wildman–Crippen LogP) is 1.32. The molecule has 0 saturated carbocycles. The SMILES string of the molecule is Nc1nc(-c2ccc(Br)cc2F)[nH]c(=O)n1. The van der Waals surface area contributed by atoms with E-state index in [-0.39, 0.29) is 17.3 Å². The van der Waals surface area contributed by atoms with Gasteiger partial charge in [-0.1, -0.05) is 15.9 Å². The van der Waals surface area contributed by atoms with Crippen LogP contribution in [0.4, 0.5) is 10.3 Å². The van der Waals surface area contributed by atoms with E-state index >= 15 is 0 Å². The molecule has 1 aromatic carbocycles. The molecule has 0 spiro atoms. The van der Waals surface area contributed by atoms with Gasteiger partial charge in [-0.2, -0.15) is 9.97 Å². The minimum absolute atomic E-state index is 0.0579. The Morgan fingerprint density at radius 3 is 2.75 bits per heavy atom. The van der Waals surface area contributed by atoms with Crippen molar-refractivity contribution in [3.05, 3.63) is 39.0 Å². The molecule has 1 heterocycles. The van der Waals surface area contributed by atoms with Gasteiger partial charge >= 0.3 is 5.69 Å². The van der Waals surface area contributed by atoms with Crippen molar-refractivity contribution in [2.45, 2.75) is 0 Å². The minimum Gasteiger partial charge on any atom is -0.368 e. The first-order valence-electron chi connectivity index (χ1n) is 4.25. The zero-order valence-electron chi connectivity index (χ0n) is 7.87. The average molecular weight is 285 g/mol. The van der Waals surface area contributed by atoms with Crippen LogP contribution in [-0.2, 0) is 0 Å². The van der Waals surface area contributed by atoms with Crippen LogP contribution in [0.2, 0.25) is 0 Å². The van der Waals surface area contributed by atoms with Crippen LogP contribution in [0.1, 0.15) is 0 Å². The van der Waals surface area contributed by atoms with Crippen molar-refractivity contribution >= 4 is 21.9 Å². The normalized spacial score (nSPS) is 10.4. The molecule has 0 bridgehead atoms. The summed E-state index contributed by atoms with van der Waals surface area (Å²) < 4.78 is 14.1. The molecule has 5 nitrogen and oxygen atoms in total. The Kier molecular flexibility index (Phi) is 2.69. The van der Waals surface area contributed by atoms with Crippen molar-refractivity contribution in [1.29, 1.82) is 0 Å². The van der Waals surface area contributed by atoms with Crippen LogP contribution in [0.3, 0.4) is 0 Å². The Morgan fingerprint density at radius 1 is 1.38 bits per heavy atom. The summed E-state index contributed by atoms with van der Waals surface area (Å²) in [5.74, 6) is -0.647. The van der Waals surface area contributed by atoms with E-state index in [0.29, 0.717) is 4.47 Å². The van der Waals surface area contributed by atoms with Gasteiger partial charge in [0.25, 0.3) is 0 Å². The van der Waals surface area contributed by atoms with Crippen LogP contribution in [0.25, 0.3) is 11.4 Å². The quantitative estimate of drug-likeness (QED) is 0.827. The van der Waals surface area contributed by atoms with Gasteiger partial charge < -0.3 is 5.73 Å². The summed E-state index contributed by atoms with van der Waals surface area (Å²) in [5.41, 5.74) is 4.80. The second-order valence-corrected chi connectivity index (χ2v) is 3.90. The van der Waals surface area contributed by atoms with E-state index in [1.165, 1.54) is 12.1 Å². The van der Waals surface area contributed by atoms with Gasteiger partial charge in [0.15, 0.2) is 0 Å². The molecule has 3 N–H and O–H groups in total. The van der Waals surface area contributed by atoms with E-state index in [1.807, 2.05) is 0 Å². The number of hydrogen-bond donors (Lipinski definition) is 2. The highest BCUT2D eigenvalue weighted by atomic mass is 79.9. The number of nitrogens with one attached hydrogen (secondary N) is 1. The van der Waals surface area contributed by atoms with Crippen LogP contribution in [0.5, 0.6) is 0 Å². The minimum atomic E-state index is -0.662. The average Bonchev–Trinajstić information content (AvgIpc) is 2.15. The number of nitrogen functional groups attached to an aromatic ring is 1. The fourth-order valence-electron chi connectivity index (χ4n) is 1.21. The number of nitrogens with zero attached hydrogens (tertiary/aromatic N) is 2. The zero-order chi connectivity index (χ0) is 11.7. The molecule has 0 radical (unpaired) electrons. The Morgan fingerprint density at radius 2 is 2.12 bits per heavy atom. The zero-order valence-corrected chi connectivity index (χ0v) is 9.45. The molecular formula is C9H6BrFN4O. The number of aromatic amines is 1. The summed E-state index contributed by atoms with van der Waals surface area (Å²) >= 11 is 3.13. The summed E-state index contributed by atoms with van der Waals surface area (Å²) in [6.45, 7) is 0. The lowest BCUT2D eigenvalue weighted by molar-refractivity contribution is 0.629. The number of hydrogen-bond acceptors (Lipinski definition) is 4. The number of aromatic nitrogens is 3. The van der Waals surface area contributed by atoms with Gasteiger partial charge in [-0.25, -0.2) is 9.18 Å². The molecule has 0 atom stereocenters. The molecule has 2 aromatic rings. The Labute approximate surface area is 97.7 Å². The van der Waals surface area contributed by atoms with E-state index in [2.05, 4.69) is 30.9 Å². The molecule has 82 valence electrons.